The van der Waals surface area contributed by atoms with Gasteiger partial charge in [0.15, 0.2) is 0 Å². The molecule has 2 rings (SSSR count). The molecule has 1 saturated heterocycles. The van der Waals surface area contributed by atoms with Crippen molar-refractivity contribution in [2.75, 3.05) is 19.6 Å². The van der Waals surface area contributed by atoms with Crippen LogP contribution in [0.25, 0.3) is 0 Å². The molecule has 1 aliphatic heterocycles. The number of carbonyl (C=O) groups excluding carboxylic acids is 1. The third-order valence-corrected chi connectivity index (χ3v) is 3.12. The summed E-state index contributed by atoms with van der Waals surface area (Å²) in [7, 11) is 0. The summed E-state index contributed by atoms with van der Waals surface area (Å²) in [6.45, 7) is 0.400. The molecule has 1 N–H and O–H groups in total. The van der Waals surface area contributed by atoms with Crippen molar-refractivity contribution in [2.45, 2.75) is 12.2 Å². The third-order valence-electron chi connectivity index (χ3n) is 3.12. The molecule has 1 fully saturated rings. The van der Waals surface area contributed by atoms with E-state index >= 15 is 0 Å². The number of halogens is 3. The maximum Gasteiger partial charge on any atom is 0.492 e. The van der Waals surface area contributed by atoms with Gasteiger partial charge in [-0.15, -0.1) is 5.06 Å². The Kier molecular flexibility index (Phi) is 4.62. The lowest BCUT2D eigenvalue weighted by atomic mass is 10.0. The van der Waals surface area contributed by atoms with E-state index in [0.717, 1.165) is 5.06 Å². The van der Waals surface area contributed by atoms with Crippen molar-refractivity contribution in [1.29, 1.82) is 0 Å². The van der Waals surface area contributed by atoms with Gasteiger partial charge < -0.3 is 10.2 Å². The first-order chi connectivity index (χ1) is 10.3. The number of nitrogens with zero attached hydrogens (tertiary/aromatic N) is 2. The van der Waals surface area contributed by atoms with Crippen LogP contribution < -0.4 is 5.32 Å². The van der Waals surface area contributed by atoms with Crippen LogP contribution >= 0.6 is 0 Å². The number of hydrogen-bond donors (Lipinski definition) is 1. The summed E-state index contributed by atoms with van der Waals surface area (Å²) in [5, 5.41) is 14.8. The molecule has 0 aliphatic carbocycles. The van der Waals surface area contributed by atoms with Crippen LogP contribution in [0.2, 0.25) is 0 Å². The Morgan fingerprint density at radius 3 is 2.73 bits per heavy atom. The van der Waals surface area contributed by atoms with Crippen LogP contribution in [0.15, 0.2) is 24.3 Å². The molecule has 0 saturated carbocycles. The molecule has 7 nitrogen and oxygen atoms in total. The summed E-state index contributed by atoms with van der Waals surface area (Å²) in [5.74, 6) is -2.35. The van der Waals surface area contributed by atoms with Crippen molar-refractivity contribution in [3.63, 3.8) is 0 Å². The molecule has 1 unspecified atom stereocenters. The number of carbonyl (C=O) groups is 1. The number of nitro groups is 1. The van der Waals surface area contributed by atoms with Gasteiger partial charge in [0.1, 0.15) is 0 Å². The fraction of sp³-hybridized carbons (Fsp3) is 0.417. The molecule has 0 aromatic heterocycles. The van der Waals surface area contributed by atoms with E-state index in [4.69, 9.17) is 0 Å². The van der Waals surface area contributed by atoms with E-state index in [9.17, 15) is 28.1 Å². The highest BCUT2D eigenvalue weighted by Crippen LogP contribution is 2.31. The van der Waals surface area contributed by atoms with Crippen LogP contribution in [0, 0.1) is 10.1 Å². The number of benzene rings is 1. The van der Waals surface area contributed by atoms with Crippen molar-refractivity contribution < 1.29 is 27.7 Å². The largest absolute Gasteiger partial charge is 0.492 e. The molecule has 1 atom stereocenters. The molecule has 0 radical (unpaired) electrons. The predicted molar refractivity (Wildman–Crippen MR) is 67.6 cm³/mol. The van der Waals surface area contributed by atoms with Crippen molar-refractivity contribution in [1.82, 2.24) is 10.4 Å². The lowest BCUT2D eigenvalue weighted by Crippen LogP contribution is -2.48. The van der Waals surface area contributed by atoms with Crippen molar-refractivity contribution in [2.24, 2.45) is 0 Å². The lowest BCUT2D eigenvalue weighted by Gasteiger charge is -2.34. The van der Waals surface area contributed by atoms with E-state index < -0.39 is 23.1 Å². The second-order valence-electron chi connectivity index (χ2n) is 4.55. The third kappa shape index (κ3) is 3.52. The number of hydrogen-bond acceptors (Lipinski definition) is 6. The van der Waals surface area contributed by atoms with Crippen molar-refractivity contribution >= 4 is 11.7 Å². The van der Waals surface area contributed by atoms with Gasteiger partial charge in [0.25, 0.3) is 5.69 Å². The minimum Gasteiger partial charge on any atom is -0.360 e. The van der Waals surface area contributed by atoms with Crippen LogP contribution in [0.5, 0.6) is 0 Å². The van der Waals surface area contributed by atoms with Gasteiger partial charge in [-0.1, -0.05) is 18.2 Å². The topological polar surface area (TPSA) is 84.7 Å². The molecule has 0 spiro atoms. The van der Waals surface area contributed by atoms with Gasteiger partial charge in [0.2, 0.25) is 0 Å². The quantitative estimate of drug-likeness (QED) is 0.672. The molecule has 1 heterocycles. The maximum atomic E-state index is 12.3. The van der Waals surface area contributed by atoms with Gasteiger partial charge in [-0.3, -0.25) is 10.1 Å². The first-order valence-corrected chi connectivity index (χ1v) is 6.30. The van der Waals surface area contributed by atoms with Crippen LogP contribution in [-0.4, -0.2) is 41.8 Å². The second-order valence-corrected chi connectivity index (χ2v) is 4.55. The molecular formula is C12H12F3N3O4. The van der Waals surface area contributed by atoms with Crippen LogP contribution in [-0.2, 0) is 9.63 Å². The van der Waals surface area contributed by atoms with Crippen LogP contribution in [0.3, 0.4) is 0 Å². The number of nitrogens with one attached hydrogen (secondary N) is 1. The Labute approximate surface area is 122 Å². The number of piperazine rings is 1. The van der Waals surface area contributed by atoms with E-state index in [1.807, 2.05) is 0 Å². The highest BCUT2D eigenvalue weighted by molar-refractivity contribution is 5.75. The number of hydroxylamine groups is 2. The summed E-state index contributed by atoms with van der Waals surface area (Å²) in [4.78, 5) is 25.7. The second kappa shape index (κ2) is 6.28. The Hall–Kier alpha value is -2.20. The summed E-state index contributed by atoms with van der Waals surface area (Å²) in [6.07, 6.45) is -5.13. The molecule has 1 aromatic carbocycles. The number of para-hydroxylation sites is 1. The van der Waals surface area contributed by atoms with Gasteiger partial charge >= 0.3 is 12.1 Å². The van der Waals surface area contributed by atoms with Gasteiger partial charge in [-0.05, 0) is 0 Å². The average Bonchev–Trinajstić information content (AvgIpc) is 2.46. The van der Waals surface area contributed by atoms with Gasteiger partial charge in [-0.2, -0.15) is 13.2 Å². The molecule has 10 heteroatoms. The summed E-state index contributed by atoms with van der Waals surface area (Å²) >= 11 is 0. The monoisotopic (exact) mass is 319 g/mol. The molecular weight excluding hydrogens is 307 g/mol. The molecule has 1 aliphatic rings. The Morgan fingerprint density at radius 1 is 1.41 bits per heavy atom. The normalized spacial score (nSPS) is 19.7. The Bertz CT molecular complexity index is 579. The first kappa shape index (κ1) is 16.2. The Morgan fingerprint density at radius 2 is 2.09 bits per heavy atom. The van der Waals surface area contributed by atoms with Crippen molar-refractivity contribution in [3.8, 4) is 0 Å². The highest BCUT2D eigenvalue weighted by Gasteiger charge is 2.44. The van der Waals surface area contributed by atoms with Gasteiger partial charge in [0.05, 0.1) is 16.5 Å². The number of rotatable bonds is 3. The fourth-order valence-corrected chi connectivity index (χ4v) is 2.15. The van der Waals surface area contributed by atoms with Crippen LogP contribution in [0.1, 0.15) is 11.6 Å². The minimum atomic E-state index is -5.13. The predicted octanol–water partition coefficient (Wildman–Crippen LogP) is 1.56. The standard InChI is InChI=1S/C12H12F3N3O4/c13-12(14,15)11(19)22-17-6-5-16-7-10(17)8-3-1-2-4-9(8)18(20)21/h1-4,10,16H,5-7H2. The van der Waals surface area contributed by atoms with E-state index in [0.29, 0.717) is 6.54 Å². The number of alkyl halides is 3. The fourth-order valence-electron chi connectivity index (χ4n) is 2.15. The van der Waals surface area contributed by atoms with Crippen LogP contribution in [0.4, 0.5) is 18.9 Å². The Balaban J connectivity index is 2.27. The SMILES string of the molecule is O=C(ON1CCNCC1c1ccccc1[N+](=O)[O-])C(F)(F)F. The number of nitro benzene ring substituents is 1. The minimum absolute atomic E-state index is 0.0153. The molecule has 120 valence electrons. The lowest BCUT2D eigenvalue weighted by molar-refractivity contribution is -0.386. The van der Waals surface area contributed by atoms with Gasteiger partial charge in [0, 0.05) is 25.7 Å². The summed E-state index contributed by atoms with van der Waals surface area (Å²) in [6, 6.07) is 4.77. The zero-order valence-electron chi connectivity index (χ0n) is 11.2. The summed E-state index contributed by atoms with van der Waals surface area (Å²) in [5.41, 5.74) is -0.0704. The molecule has 1 aromatic rings. The molecule has 0 amide bonds. The van der Waals surface area contributed by atoms with Crippen molar-refractivity contribution in [3.05, 3.63) is 39.9 Å². The average molecular weight is 319 g/mol. The molecule has 0 bridgehead atoms. The van der Waals surface area contributed by atoms with E-state index in [-0.39, 0.29) is 24.3 Å². The van der Waals surface area contributed by atoms with E-state index in [1.54, 1.807) is 0 Å². The summed E-state index contributed by atoms with van der Waals surface area (Å²) < 4.78 is 36.9. The highest BCUT2D eigenvalue weighted by atomic mass is 19.4. The molecule has 22 heavy (non-hydrogen) atoms. The van der Waals surface area contributed by atoms with Gasteiger partial charge in [-0.25, -0.2) is 4.79 Å². The zero-order chi connectivity index (χ0) is 16.3. The maximum absolute atomic E-state index is 12.3. The first-order valence-electron chi connectivity index (χ1n) is 6.30. The zero-order valence-corrected chi connectivity index (χ0v) is 11.2. The van der Waals surface area contributed by atoms with E-state index in [2.05, 4.69) is 10.2 Å². The smallest absolute Gasteiger partial charge is 0.360 e. The van der Waals surface area contributed by atoms with E-state index in [1.165, 1.54) is 24.3 Å².